The molecule has 3 aromatic carbocycles. The van der Waals surface area contributed by atoms with E-state index >= 15 is 0 Å². The van der Waals surface area contributed by atoms with Crippen molar-refractivity contribution in [3.05, 3.63) is 83.7 Å². The highest BCUT2D eigenvalue weighted by molar-refractivity contribution is 5.70. The number of hydrogen-bond acceptors (Lipinski definition) is 0. The van der Waals surface area contributed by atoms with Crippen molar-refractivity contribution >= 4 is 0 Å². The zero-order valence-corrected chi connectivity index (χ0v) is 13.6. The Morgan fingerprint density at radius 3 is 1.57 bits per heavy atom. The molecule has 0 amide bonds. The summed E-state index contributed by atoms with van der Waals surface area (Å²) in [6.07, 6.45) is 1.78. The predicted molar refractivity (Wildman–Crippen MR) is 96.0 cm³/mol. The van der Waals surface area contributed by atoms with E-state index in [0.717, 1.165) is 29.5 Å². The highest BCUT2D eigenvalue weighted by Gasteiger charge is 2.05. The quantitative estimate of drug-likeness (QED) is 0.531. The molecular weight excluding hydrogens is 283 g/mol. The van der Waals surface area contributed by atoms with Crippen LogP contribution in [0.2, 0.25) is 0 Å². The molecule has 0 aromatic heterocycles. The molecule has 0 unspecified atom stereocenters. The Morgan fingerprint density at radius 2 is 1.09 bits per heavy atom. The van der Waals surface area contributed by atoms with Gasteiger partial charge in [0.05, 0.1) is 0 Å². The summed E-state index contributed by atoms with van der Waals surface area (Å²) in [5, 5.41) is 0. The van der Waals surface area contributed by atoms with Crippen molar-refractivity contribution in [2.75, 3.05) is 0 Å². The smallest absolute Gasteiger partial charge is 0.127 e. The van der Waals surface area contributed by atoms with E-state index in [0.29, 0.717) is 0 Å². The fourth-order valence-corrected chi connectivity index (χ4v) is 2.80. The molecule has 0 radical (unpaired) electrons. The molecule has 0 aliphatic carbocycles. The van der Waals surface area contributed by atoms with Crippen LogP contribution in [-0.2, 0) is 12.8 Å². The van der Waals surface area contributed by atoms with E-state index in [1.807, 2.05) is 19.1 Å². The van der Waals surface area contributed by atoms with Crippen LogP contribution in [0.5, 0.6) is 0 Å². The Balaban J connectivity index is 1.87. The van der Waals surface area contributed by atoms with E-state index in [1.54, 1.807) is 6.07 Å². The highest BCUT2D eigenvalue weighted by Crippen LogP contribution is 2.26. The van der Waals surface area contributed by atoms with Crippen LogP contribution in [-0.4, -0.2) is 0 Å². The summed E-state index contributed by atoms with van der Waals surface area (Å²) < 4.78 is 14.0. The number of rotatable bonds is 4. The van der Waals surface area contributed by atoms with Gasteiger partial charge in [-0.15, -0.1) is 0 Å². The molecule has 0 N–H and O–H groups in total. The maximum absolute atomic E-state index is 14.0. The first-order valence-electron chi connectivity index (χ1n) is 8.19. The molecule has 0 saturated heterocycles. The third-order valence-electron chi connectivity index (χ3n) is 4.35. The Labute approximate surface area is 137 Å². The maximum atomic E-state index is 14.0. The van der Waals surface area contributed by atoms with Crippen LogP contribution < -0.4 is 0 Å². The third kappa shape index (κ3) is 3.34. The lowest BCUT2D eigenvalue weighted by Crippen LogP contribution is -1.88. The number of halogens is 1. The Kier molecular flexibility index (Phi) is 4.57. The van der Waals surface area contributed by atoms with E-state index in [4.69, 9.17) is 0 Å². The molecule has 0 bridgehead atoms. The third-order valence-corrected chi connectivity index (χ3v) is 4.35. The molecular formula is C22H21F. The molecule has 0 heterocycles. The van der Waals surface area contributed by atoms with Gasteiger partial charge in [-0.05, 0) is 52.3 Å². The Morgan fingerprint density at radius 1 is 0.609 bits per heavy atom. The van der Waals surface area contributed by atoms with Crippen LogP contribution in [0.3, 0.4) is 0 Å². The summed E-state index contributed by atoms with van der Waals surface area (Å²) in [5.74, 6) is -0.121. The minimum Gasteiger partial charge on any atom is -0.207 e. The molecule has 0 saturated carbocycles. The monoisotopic (exact) mass is 304 g/mol. The van der Waals surface area contributed by atoms with Gasteiger partial charge in [0, 0.05) is 0 Å². The van der Waals surface area contributed by atoms with Gasteiger partial charge in [0.25, 0.3) is 0 Å². The van der Waals surface area contributed by atoms with E-state index in [9.17, 15) is 4.39 Å². The van der Waals surface area contributed by atoms with Gasteiger partial charge in [0.2, 0.25) is 0 Å². The topological polar surface area (TPSA) is 0 Å². The molecule has 0 fully saturated rings. The fourth-order valence-electron chi connectivity index (χ4n) is 2.80. The first-order valence-corrected chi connectivity index (χ1v) is 8.19. The normalized spacial score (nSPS) is 10.7. The zero-order valence-electron chi connectivity index (χ0n) is 13.6. The van der Waals surface area contributed by atoms with Crippen LogP contribution in [0, 0.1) is 5.82 Å². The Bertz CT molecular complexity index is 783. The molecule has 116 valence electrons. The molecule has 0 aliphatic rings. The van der Waals surface area contributed by atoms with E-state index < -0.39 is 0 Å². The summed E-state index contributed by atoms with van der Waals surface area (Å²) in [6, 6.07) is 22.5. The van der Waals surface area contributed by atoms with Crippen LogP contribution >= 0.6 is 0 Å². The average Bonchev–Trinajstić information content (AvgIpc) is 2.62. The van der Waals surface area contributed by atoms with Crippen LogP contribution in [0.1, 0.15) is 25.0 Å². The number of hydrogen-bond donors (Lipinski definition) is 0. The number of benzene rings is 3. The van der Waals surface area contributed by atoms with Crippen LogP contribution in [0.4, 0.5) is 4.39 Å². The summed E-state index contributed by atoms with van der Waals surface area (Å²) >= 11 is 0. The molecule has 0 spiro atoms. The minimum atomic E-state index is -0.121. The summed E-state index contributed by atoms with van der Waals surface area (Å²) in [7, 11) is 0. The lowest BCUT2D eigenvalue weighted by molar-refractivity contribution is 0.613. The van der Waals surface area contributed by atoms with Crippen molar-refractivity contribution in [2.45, 2.75) is 26.7 Å². The van der Waals surface area contributed by atoms with Gasteiger partial charge in [0.15, 0.2) is 0 Å². The molecule has 1 heteroatoms. The fraction of sp³-hybridized carbons (Fsp3) is 0.182. The van der Waals surface area contributed by atoms with E-state index in [-0.39, 0.29) is 5.82 Å². The molecule has 3 rings (SSSR count). The minimum absolute atomic E-state index is 0.121. The second-order valence-electron chi connectivity index (χ2n) is 5.79. The second-order valence-corrected chi connectivity index (χ2v) is 5.79. The van der Waals surface area contributed by atoms with Gasteiger partial charge in [-0.3, -0.25) is 0 Å². The first kappa shape index (κ1) is 15.5. The summed E-state index contributed by atoms with van der Waals surface area (Å²) in [6.45, 7) is 4.13. The SMILES string of the molecule is CCc1ccc(-c2ccc(-c3ccc(CC)c(F)c3)cc2)cc1. The summed E-state index contributed by atoms with van der Waals surface area (Å²) in [4.78, 5) is 0. The molecule has 0 nitrogen and oxygen atoms in total. The number of aryl methyl sites for hydroxylation is 2. The second kappa shape index (κ2) is 6.78. The molecule has 0 aliphatic heterocycles. The van der Waals surface area contributed by atoms with Crippen molar-refractivity contribution < 1.29 is 4.39 Å². The highest BCUT2D eigenvalue weighted by atomic mass is 19.1. The van der Waals surface area contributed by atoms with Crippen molar-refractivity contribution in [3.63, 3.8) is 0 Å². The largest absolute Gasteiger partial charge is 0.207 e. The molecule has 3 aromatic rings. The summed E-state index contributed by atoms with van der Waals surface area (Å²) in [5.41, 5.74) is 6.47. The average molecular weight is 304 g/mol. The van der Waals surface area contributed by atoms with E-state index in [2.05, 4.69) is 55.5 Å². The van der Waals surface area contributed by atoms with Gasteiger partial charge in [-0.2, -0.15) is 0 Å². The van der Waals surface area contributed by atoms with Crippen molar-refractivity contribution in [3.8, 4) is 22.3 Å². The first-order chi connectivity index (χ1) is 11.2. The lowest BCUT2D eigenvalue weighted by Gasteiger charge is -2.07. The molecule has 0 atom stereocenters. The van der Waals surface area contributed by atoms with Crippen molar-refractivity contribution in [1.29, 1.82) is 0 Å². The van der Waals surface area contributed by atoms with E-state index in [1.165, 1.54) is 16.7 Å². The van der Waals surface area contributed by atoms with Gasteiger partial charge < -0.3 is 0 Å². The predicted octanol–water partition coefficient (Wildman–Crippen LogP) is 6.28. The standard InChI is InChI=1S/C22H21F/c1-3-16-5-7-18(8-6-16)19-10-12-20(13-11-19)21-14-9-17(4-2)22(23)15-21/h5-15H,3-4H2,1-2H3. The lowest BCUT2D eigenvalue weighted by atomic mass is 9.98. The molecule has 23 heavy (non-hydrogen) atoms. The van der Waals surface area contributed by atoms with Gasteiger partial charge in [-0.25, -0.2) is 4.39 Å². The van der Waals surface area contributed by atoms with Crippen LogP contribution in [0.25, 0.3) is 22.3 Å². The zero-order chi connectivity index (χ0) is 16.2. The van der Waals surface area contributed by atoms with Gasteiger partial charge in [0.1, 0.15) is 5.82 Å². The van der Waals surface area contributed by atoms with Gasteiger partial charge >= 0.3 is 0 Å². The van der Waals surface area contributed by atoms with Crippen molar-refractivity contribution in [2.24, 2.45) is 0 Å². The van der Waals surface area contributed by atoms with Crippen LogP contribution in [0.15, 0.2) is 66.7 Å². The Hall–Kier alpha value is -2.41. The van der Waals surface area contributed by atoms with Gasteiger partial charge in [-0.1, -0.05) is 74.5 Å². The maximum Gasteiger partial charge on any atom is 0.127 e. The van der Waals surface area contributed by atoms with Crippen molar-refractivity contribution in [1.82, 2.24) is 0 Å².